The lowest BCUT2D eigenvalue weighted by atomic mass is 10.0. The van der Waals surface area contributed by atoms with Crippen LogP contribution in [0.15, 0.2) is 6.20 Å². The van der Waals surface area contributed by atoms with Crippen molar-refractivity contribution in [1.82, 2.24) is 24.5 Å². The molecule has 3 heterocycles. The highest BCUT2D eigenvalue weighted by Crippen LogP contribution is 2.26. The predicted molar refractivity (Wildman–Crippen MR) is 96.9 cm³/mol. The molecule has 0 spiro atoms. The van der Waals surface area contributed by atoms with Gasteiger partial charge in [-0.15, -0.1) is 0 Å². The van der Waals surface area contributed by atoms with Crippen LogP contribution < -0.4 is 0 Å². The average molecular weight is 377 g/mol. The Kier molecular flexibility index (Phi) is 5.23. The fourth-order valence-corrected chi connectivity index (χ4v) is 3.62. The molecular formula is C18H27N5O4. The number of piperidine rings is 1. The third-order valence-electron chi connectivity index (χ3n) is 4.86. The quantitative estimate of drug-likeness (QED) is 0.744. The number of hydrogen-bond acceptors (Lipinski definition) is 6. The summed E-state index contributed by atoms with van der Waals surface area (Å²) in [6, 6.07) is 0.0695. The molecular weight excluding hydrogens is 350 g/mol. The molecule has 0 saturated carbocycles. The van der Waals surface area contributed by atoms with Gasteiger partial charge in [0.25, 0.3) is 0 Å². The number of carbonyl (C=O) groups excluding carboxylic acids is 3. The van der Waals surface area contributed by atoms with E-state index in [1.165, 1.54) is 5.01 Å². The van der Waals surface area contributed by atoms with E-state index in [4.69, 9.17) is 4.74 Å². The first-order valence-corrected chi connectivity index (χ1v) is 9.24. The van der Waals surface area contributed by atoms with E-state index in [0.717, 1.165) is 18.5 Å². The molecule has 0 aromatic carbocycles. The second-order valence-corrected chi connectivity index (χ2v) is 7.96. The molecule has 2 amide bonds. The average Bonchev–Trinajstić information content (AvgIpc) is 3.12. The van der Waals surface area contributed by atoms with Gasteiger partial charge < -0.3 is 14.4 Å². The molecule has 0 radical (unpaired) electrons. The topological polar surface area (TPSA) is 88.0 Å². The van der Waals surface area contributed by atoms with Gasteiger partial charge in [0.1, 0.15) is 17.7 Å². The van der Waals surface area contributed by atoms with Crippen molar-refractivity contribution in [3.05, 3.63) is 17.7 Å². The summed E-state index contributed by atoms with van der Waals surface area (Å²) in [5.41, 5.74) is 0.286. The Balaban J connectivity index is 1.61. The maximum Gasteiger partial charge on any atom is 0.425 e. The van der Waals surface area contributed by atoms with Crippen LogP contribution in [0.2, 0.25) is 0 Å². The highest BCUT2D eigenvalue weighted by atomic mass is 16.6. The molecule has 0 unspecified atom stereocenters. The highest BCUT2D eigenvalue weighted by Gasteiger charge is 2.37. The van der Waals surface area contributed by atoms with E-state index >= 15 is 0 Å². The zero-order valence-electron chi connectivity index (χ0n) is 16.3. The third kappa shape index (κ3) is 3.97. The van der Waals surface area contributed by atoms with E-state index in [1.807, 2.05) is 16.8 Å². The molecule has 0 aliphatic carbocycles. The van der Waals surface area contributed by atoms with Crippen LogP contribution in [0.3, 0.4) is 0 Å². The molecule has 0 atom stereocenters. The Bertz CT molecular complexity index is 731. The maximum atomic E-state index is 12.7. The lowest BCUT2D eigenvalue weighted by molar-refractivity contribution is -0.116. The van der Waals surface area contributed by atoms with Crippen molar-refractivity contribution in [1.29, 1.82) is 0 Å². The van der Waals surface area contributed by atoms with E-state index in [1.54, 1.807) is 31.5 Å². The fourth-order valence-electron chi connectivity index (χ4n) is 3.62. The Morgan fingerprint density at radius 1 is 1.37 bits per heavy atom. The van der Waals surface area contributed by atoms with Gasteiger partial charge in [0, 0.05) is 19.1 Å². The number of aromatic nitrogens is 2. The molecule has 2 aliphatic heterocycles. The molecule has 148 valence electrons. The Hall–Kier alpha value is -2.42. The zero-order valence-corrected chi connectivity index (χ0v) is 16.3. The van der Waals surface area contributed by atoms with E-state index in [9.17, 15) is 14.4 Å². The van der Waals surface area contributed by atoms with Crippen LogP contribution in [0.25, 0.3) is 0 Å². The molecule has 0 bridgehead atoms. The van der Waals surface area contributed by atoms with Crippen molar-refractivity contribution in [3.63, 3.8) is 0 Å². The van der Waals surface area contributed by atoms with Gasteiger partial charge in [-0.3, -0.25) is 4.57 Å². The lowest BCUT2D eigenvalue weighted by Gasteiger charge is -2.41. The molecule has 1 fully saturated rings. The van der Waals surface area contributed by atoms with Crippen LogP contribution in [0.5, 0.6) is 0 Å². The van der Waals surface area contributed by atoms with Crippen LogP contribution in [0, 0.1) is 6.92 Å². The third-order valence-corrected chi connectivity index (χ3v) is 4.86. The first-order chi connectivity index (χ1) is 12.7. The number of hydrogen-bond donors (Lipinski definition) is 0. The van der Waals surface area contributed by atoms with Crippen LogP contribution in [-0.4, -0.2) is 74.2 Å². The Labute approximate surface area is 158 Å². The van der Waals surface area contributed by atoms with Gasteiger partial charge in [-0.2, -0.15) is 0 Å². The van der Waals surface area contributed by atoms with E-state index in [-0.39, 0.29) is 18.6 Å². The molecule has 1 aromatic heterocycles. The van der Waals surface area contributed by atoms with Crippen LogP contribution >= 0.6 is 0 Å². The fraction of sp³-hybridized carbons (Fsp3) is 0.667. The number of imidazole rings is 1. The molecule has 9 heteroatoms. The van der Waals surface area contributed by atoms with Crippen LogP contribution in [0.1, 0.15) is 45.1 Å². The largest absolute Gasteiger partial charge is 0.443 e. The summed E-state index contributed by atoms with van der Waals surface area (Å²) in [7, 11) is 0. The summed E-state index contributed by atoms with van der Waals surface area (Å²) in [5.74, 6) is 0.706. The summed E-state index contributed by atoms with van der Waals surface area (Å²) < 4.78 is 7.06. The van der Waals surface area contributed by atoms with Gasteiger partial charge in [0.2, 0.25) is 0 Å². The van der Waals surface area contributed by atoms with Crippen LogP contribution in [-0.2, 0) is 16.1 Å². The summed E-state index contributed by atoms with van der Waals surface area (Å²) in [6.07, 6.45) is 3.37. The van der Waals surface area contributed by atoms with Crippen LogP contribution in [0.4, 0.5) is 9.59 Å². The van der Waals surface area contributed by atoms with Crippen molar-refractivity contribution >= 4 is 18.4 Å². The Morgan fingerprint density at radius 2 is 2.04 bits per heavy atom. The molecule has 3 rings (SSSR count). The summed E-state index contributed by atoms with van der Waals surface area (Å²) >= 11 is 0. The molecule has 2 aliphatic rings. The van der Waals surface area contributed by atoms with E-state index in [0.29, 0.717) is 31.7 Å². The number of nitrogens with zero attached hydrogens (tertiary/aromatic N) is 5. The summed E-state index contributed by atoms with van der Waals surface area (Å²) in [4.78, 5) is 42.2. The number of hydrazine groups is 1. The Morgan fingerprint density at radius 3 is 2.59 bits per heavy atom. The number of fused-ring (bicyclic) bond motifs is 1. The first kappa shape index (κ1) is 19.3. The number of ether oxygens (including phenoxy) is 1. The molecule has 1 aromatic rings. The molecule has 9 nitrogen and oxygen atoms in total. The zero-order chi connectivity index (χ0) is 19.8. The monoisotopic (exact) mass is 377 g/mol. The number of rotatable bonds is 4. The van der Waals surface area contributed by atoms with Gasteiger partial charge in [-0.25, -0.2) is 24.6 Å². The van der Waals surface area contributed by atoms with Crippen molar-refractivity contribution < 1.29 is 19.1 Å². The molecule has 1 saturated heterocycles. The second kappa shape index (κ2) is 7.30. The van der Waals surface area contributed by atoms with E-state index < -0.39 is 11.7 Å². The second-order valence-electron chi connectivity index (χ2n) is 7.96. The van der Waals surface area contributed by atoms with E-state index in [2.05, 4.69) is 4.98 Å². The highest BCUT2D eigenvalue weighted by molar-refractivity contribution is 5.81. The van der Waals surface area contributed by atoms with Gasteiger partial charge in [-0.05, 0) is 40.5 Å². The van der Waals surface area contributed by atoms with Crippen molar-refractivity contribution in [3.8, 4) is 0 Å². The minimum atomic E-state index is -0.627. The lowest BCUT2D eigenvalue weighted by Crippen LogP contribution is -2.54. The van der Waals surface area contributed by atoms with Crippen molar-refractivity contribution in [2.24, 2.45) is 0 Å². The smallest absolute Gasteiger partial charge is 0.425 e. The van der Waals surface area contributed by atoms with Crippen molar-refractivity contribution in [2.75, 3.05) is 19.6 Å². The standard InChI is InChI=1S/C18H27N5O4/c1-13-19-11-15-12-21(16(25)23(13)15)14-5-7-20(8-6-14)22(9-10-24)17(26)27-18(2,3)4/h10-11,14H,5-9,12H2,1-4H3. The van der Waals surface area contributed by atoms with Gasteiger partial charge in [0.05, 0.1) is 25.0 Å². The maximum absolute atomic E-state index is 12.7. The van der Waals surface area contributed by atoms with Gasteiger partial charge >= 0.3 is 12.1 Å². The summed E-state index contributed by atoms with van der Waals surface area (Å²) in [6.45, 7) is 8.88. The van der Waals surface area contributed by atoms with Gasteiger partial charge in [0.15, 0.2) is 0 Å². The number of carbonyl (C=O) groups is 3. The SMILES string of the molecule is Cc1ncc2n1C(=O)N(C1CCN(N(CC=O)C(=O)OC(C)(C)C)CC1)C2. The molecule has 27 heavy (non-hydrogen) atoms. The first-order valence-electron chi connectivity index (χ1n) is 9.24. The molecule has 0 N–H and O–H groups in total. The number of amides is 2. The number of aldehydes is 1. The number of aryl methyl sites for hydroxylation is 1. The van der Waals surface area contributed by atoms with Gasteiger partial charge in [-0.1, -0.05) is 0 Å². The minimum absolute atomic E-state index is 0.0321. The normalized spacial score (nSPS) is 18.5. The van der Waals surface area contributed by atoms with Crippen molar-refractivity contribution in [2.45, 2.75) is 58.7 Å². The predicted octanol–water partition coefficient (Wildman–Crippen LogP) is 1.79. The minimum Gasteiger partial charge on any atom is -0.443 e. The summed E-state index contributed by atoms with van der Waals surface area (Å²) in [5, 5.41) is 3.20.